The highest BCUT2D eigenvalue weighted by molar-refractivity contribution is 6.42. The molecule has 1 aliphatic rings. The van der Waals surface area contributed by atoms with Crippen LogP contribution in [-0.2, 0) is 13.0 Å². The lowest BCUT2D eigenvalue weighted by atomic mass is 9.99. The molecule has 0 aliphatic carbocycles. The van der Waals surface area contributed by atoms with Gasteiger partial charge in [0.15, 0.2) is 0 Å². The summed E-state index contributed by atoms with van der Waals surface area (Å²) >= 11 is 12.1. The van der Waals surface area contributed by atoms with Crippen LogP contribution in [0.5, 0.6) is 5.75 Å². The molecule has 0 bridgehead atoms. The molecule has 1 aliphatic heterocycles. The zero-order valence-electron chi connectivity index (χ0n) is 19.9. The van der Waals surface area contributed by atoms with Crippen molar-refractivity contribution in [2.75, 3.05) is 0 Å². The first kappa shape index (κ1) is 25.2. The zero-order valence-corrected chi connectivity index (χ0v) is 21.4. The fraction of sp³-hybridized carbons (Fsp3) is 0.269. The van der Waals surface area contributed by atoms with Crippen LogP contribution in [0.25, 0.3) is 5.52 Å². The molecule has 4 aromatic rings. The van der Waals surface area contributed by atoms with Gasteiger partial charge in [-0.05, 0) is 49.7 Å². The summed E-state index contributed by atoms with van der Waals surface area (Å²) < 4.78 is 32.5. The van der Waals surface area contributed by atoms with E-state index in [-0.39, 0.29) is 35.8 Å². The molecule has 11 heteroatoms. The SMILES string of the molecule is C[C@@H]1Cc2nn3ccn([C@@H](C)c4ccc(OC(F)F)cc4)c(=O)c3c2CN1C(=O)c1ccc(Cl)c(Cl)c1. The summed E-state index contributed by atoms with van der Waals surface area (Å²) in [7, 11) is 0. The number of hydrogen-bond donors (Lipinski definition) is 0. The molecule has 1 amide bonds. The van der Waals surface area contributed by atoms with E-state index in [0.717, 1.165) is 11.3 Å². The predicted molar refractivity (Wildman–Crippen MR) is 136 cm³/mol. The summed E-state index contributed by atoms with van der Waals surface area (Å²) in [5.74, 6) is -0.175. The summed E-state index contributed by atoms with van der Waals surface area (Å²) in [4.78, 5) is 28.7. The highest BCUT2D eigenvalue weighted by Crippen LogP contribution is 2.29. The number of fused-ring (bicyclic) bond motifs is 3. The number of alkyl halides is 2. The third kappa shape index (κ3) is 4.69. The quantitative estimate of drug-likeness (QED) is 0.326. The molecule has 0 spiro atoms. The van der Waals surface area contributed by atoms with Gasteiger partial charge in [-0.25, -0.2) is 4.52 Å². The van der Waals surface area contributed by atoms with Crippen molar-refractivity contribution in [1.29, 1.82) is 0 Å². The number of ether oxygens (including phenoxy) is 1. The van der Waals surface area contributed by atoms with E-state index in [4.69, 9.17) is 23.2 Å². The minimum absolute atomic E-state index is 0.0412. The number of nitrogens with zero attached hydrogens (tertiary/aromatic N) is 4. The van der Waals surface area contributed by atoms with E-state index in [0.29, 0.717) is 33.1 Å². The van der Waals surface area contributed by atoms with Crippen molar-refractivity contribution in [2.45, 2.75) is 45.5 Å². The largest absolute Gasteiger partial charge is 0.435 e. The Hall–Kier alpha value is -3.43. The van der Waals surface area contributed by atoms with Gasteiger partial charge in [-0.3, -0.25) is 9.59 Å². The third-order valence-electron chi connectivity index (χ3n) is 6.68. The van der Waals surface area contributed by atoms with Crippen LogP contribution in [0.2, 0.25) is 10.0 Å². The van der Waals surface area contributed by atoms with Gasteiger partial charge in [-0.2, -0.15) is 13.9 Å². The van der Waals surface area contributed by atoms with Crippen molar-refractivity contribution < 1.29 is 18.3 Å². The van der Waals surface area contributed by atoms with Gasteiger partial charge in [0, 0.05) is 36.0 Å². The van der Waals surface area contributed by atoms with E-state index < -0.39 is 6.61 Å². The fourth-order valence-corrected chi connectivity index (χ4v) is 4.98. The second-order valence-corrected chi connectivity index (χ2v) is 9.78. The van der Waals surface area contributed by atoms with Crippen molar-refractivity contribution in [2.24, 2.45) is 0 Å². The summed E-state index contributed by atoms with van der Waals surface area (Å²) in [6.45, 7) is 1.08. The Balaban J connectivity index is 1.49. The number of rotatable bonds is 5. The number of aromatic nitrogens is 3. The van der Waals surface area contributed by atoms with Crippen LogP contribution in [0, 0.1) is 0 Å². The minimum Gasteiger partial charge on any atom is -0.435 e. The number of hydrogen-bond acceptors (Lipinski definition) is 4. The second-order valence-electron chi connectivity index (χ2n) is 8.97. The average Bonchev–Trinajstić information content (AvgIpc) is 3.22. The molecule has 5 rings (SSSR count). The molecule has 2 aromatic carbocycles. The Morgan fingerprint density at radius 1 is 1.11 bits per heavy atom. The fourth-order valence-electron chi connectivity index (χ4n) is 4.68. The van der Waals surface area contributed by atoms with Gasteiger partial charge >= 0.3 is 6.61 Å². The van der Waals surface area contributed by atoms with Crippen molar-refractivity contribution in [3.05, 3.63) is 97.6 Å². The highest BCUT2D eigenvalue weighted by atomic mass is 35.5. The molecule has 192 valence electrons. The topological polar surface area (TPSA) is 68.8 Å². The monoisotopic (exact) mass is 546 g/mol. The normalized spacial score (nSPS) is 16.2. The predicted octanol–water partition coefficient (Wildman–Crippen LogP) is 5.60. The molecule has 37 heavy (non-hydrogen) atoms. The standard InChI is InChI=1S/C26H22Cl2F2N4O3/c1-14-11-22-19(13-33(14)24(35)17-5-8-20(27)21(28)12-17)23-25(36)32(9-10-34(23)31-22)15(2)16-3-6-18(7-4-16)37-26(29)30/h3-10,12,14-15,26H,11,13H2,1-2H3/t14-,15+/m1/s1. The van der Waals surface area contributed by atoms with Gasteiger partial charge < -0.3 is 14.2 Å². The molecule has 0 N–H and O–H groups in total. The van der Waals surface area contributed by atoms with Crippen LogP contribution in [0.3, 0.4) is 0 Å². The first-order valence-corrected chi connectivity index (χ1v) is 12.3. The minimum atomic E-state index is -2.91. The number of carbonyl (C=O) groups excluding carboxylic acids is 1. The van der Waals surface area contributed by atoms with E-state index in [1.807, 2.05) is 13.8 Å². The lowest BCUT2D eigenvalue weighted by Gasteiger charge is -2.33. The van der Waals surface area contributed by atoms with Gasteiger partial charge in [0.25, 0.3) is 11.5 Å². The van der Waals surface area contributed by atoms with Gasteiger partial charge in [0.05, 0.1) is 28.3 Å². The summed E-state index contributed by atoms with van der Waals surface area (Å²) in [6.07, 6.45) is 3.84. The number of amides is 1. The number of halogens is 4. The maximum atomic E-state index is 13.6. The number of carbonyl (C=O) groups is 1. The van der Waals surface area contributed by atoms with Gasteiger partial charge in [0.2, 0.25) is 0 Å². The molecular formula is C26H22Cl2F2N4O3. The second kappa shape index (κ2) is 9.79. The van der Waals surface area contributed by atoms with Crippen molar-refractivity contribution >= 4 is 34.6 Å². The first-order valence-electron chi connectivity index (χ1n) is 11.6. The van der Waals surface area contributed by atoms with E-state index in [9.17, 15) is 18.4 Å². The lowest BCUT2D eigenvalue weighted by molar-refractivity contribution is -0.0498. The Labute approximate surface area is 220 Å². The number of benzene rings is 2. The molecule has 0 unspecified atom stereocenters. The molecule has 0 saturated carbocycles. The van der Waals surface area contributed by atoms with Gasteiger partial charge in [-0.1, -0.05) is 35.3 Å². The molecule has 3 heterocycles. The first-order chi connectivity index (χ1) is 17.6. The van der Waals surface area contributed by atoms with Crippen molar-refractivity contribution in [3.8, 4) is 5.75 Å². The molecule has 0 fully saturated rings. The highest BCUT2D eigenvalue weighted by Gasteiger charge is 2.32. The van der Waals surface area contributed by atoms with Crippen LogP contribution >= 0.6 is 23.2 Å². The van der Waals surface area contributed by atoms with E-state index in [2.05, 4.69) is 9.84 Å². The Morgan fingerprint density at radius 3 is 2.51 bits per heavy atom. The molecular weight excluding hydrogens is 525 g/mol. The van der Waals surface area contributed by atoms with Crippen LogP contribution in [0.1, 0.15) is 47.1 Å². The Morgan fingerprint density at radius 2 is 1.84 bits per heavy atom. The molecule has 2 atom stereocenters. The van der Waals surface area contributed by atoms with Gasteiger partial charge in [-0.15, -0.1) is 0 Å². The Bertz CT molecular complexity index is 1550. The maximum Gasteiger partial charge on any atom is 0.387 e. The zero-order chi connectivity index (χ0) is 26.4. The molecule has 0 saturated heterocycles. The third-order valence-corrected chi connectivity index (χ3v) is 7.42. The van der Waals surface area contributed by atoms with Crippen LogP contribution < -0.4 is 10.3 Å². The van der Waals surface area contributed by atoms with E-state index in [1.54, 1.807) is 50.6 Å². The average molecular weight is 547 g/mol. The summed E-state index contributed by atoms with van der Waals surface area (Å²) in [5, 5.41) is 5.26. The van der Waals surface area contributed by atoms with Crippen LogP contribution in [0.4, 0.5) is 8.78 Å². The van der Waals surface area contributed by atoms with Crippen LogP contribution in [-0.4, -0.2) is 37.6 Å². The van der Waals surface area contributed by atoms with E-state index >= 15 is 0 Å². The van der Waals surface area contributed by atoms with Crippen molar-refractivity contribution in [3.63, 3.8) is 0 Å². The van der Waals surface area contributed by atoms with Gasteiger partial charge in [0.1, 0.15) is 11.3 Å². The molecule has 7 nitrogen and oxygen atoms in total. The van der Waals surface area contributed by atoms with Crippen LogP contribution in [0.15, 0.2) is 59.7 Å². The van der Waals surface area contributed by atoms with E-state index in [1.165, 1.54) is 18.2 Å². The summed E-state index contributed by atoms with van der Waals surface area (Å²) in [6, 6.07) is 10.4. The summed E-state index contributed by atoms with van der Waals surface area (Å²) in [5.41, 5.74) is 2.73. The van der Waals surface area contributed by atoms with Crippen molar-refractivity contribution in [1.82, 2.24) is 19.1 Å². The molecule has 2 aromatic heterocycles. The lowest BCUT2D eigenvalue weighted by Crippen LogP contribution is -2.42. The molecule has 0 radical (unpaired) electrons. The Kier molecular flexibility index (Phi) is 6.68. The smallest absolute Gasteiger partial charge is 0.387 e. The maximum absolute atomic E-state index is 13.6.